The van der Waals surface area contributed by atoms with Gasteiger partial charge in [-0.2, -0.15) is 0 Å². The van der Waals surface area contributed by atoms with Gasteiger partial charge in [-0.25, -0.2) is 4.98 Å². The minimum Gasteiger partial charge on any atom is -0.438 e. The van der Waals surface area contributed by atoms with Crippen molar-refractivity contribution in [2.24, 2.45) is 0 Å². The van der Waals surface area contributed by atoms with Crippen LogP contribution >= 0.6 is 0 Å². The predicted octanol–water partition coefficient (Wildman–Crippen LogP) is 3.52. The lowest BCUT2D eigenvalue weighted by atomic mass is 10.1. The first-order valence-corrected chi connectivity index (χ1v) is 6.46. The summed E-state index contributed by atoms with van der Waals surface area (Å²) in [6.45, 7) is 6.98. The van der Waals surface area contributed by atoms with Crippen molar-refractivity contribution in [3.05, 3.63) is 52.7 Å². The van der Waals surface area contributed by atoms with Gasteiger partial charge in [0.15, 0.2) is 0 Å². The molecule has 0 unspecified atom stereocenters. The van der Waals surface area contributed by atoms with Crippen molar-refractivity contribution < 1.29 is 4.74 Å². The van der Waals surface area contributed by atoms with E-state index in [1.54, 1.807) is 0 Å². The van der Waals surface area contributed by atoms with E-state index in [9.17, 15) is 0 Å². The fourth-order valence-electron chi connectivity index (χ4n) is 1.97. The van der Waals surface area contributed by atoms with Crippen molar-refractivity contribution in [2.75, 3.05) is 7.05 Å². The van der Waals surface area contributed by atoms with Crippen molar-refractivity contribution in [3.63, 3.8) is 0 Å². The Morgan fingerprint density at radius 3 is 2.63 bits per heavy atom. The molecule has 0 spiro atoms. The molecule has 3 nitrogen and oxygen atoms in total. The molecule has 1 heterocycles. The molecule has 0 atom stereocenters. The first kappa shape index (κ1) is 13.6. The van der Waals surface area contributed by atoms with Crippen LogP contribution in [0.4, 0.5) is 0 Å². The number of nitrogens with zero attached hydrogens (tertiary/aromatic N) is 1. The quantitative estimate of drug-likeness (QED) is 0.908. The van der Waals surface area contributed by atoms with Crippen molar-refractivity contribution >= 4 is 0 Å². The standard InChI is InChI=1S/C16H20N2O/c1-11-6-5-7-15(13(11)3)19-16-12(2)8-14(9-17-4)10-18-16/h5-8,10,17H,9H2,1-4H3. The summed E-state index contributed by atoms with van der Waals surface area (Å²) < 4.78 is 5.92. The van der Waals surface area contributed by atoms with Gasteiger partial charge >= 0.3 is 0 Å². The highest BCUT2D eigenvalue weighted by Gasteiger charge is 2.07. The summed E-state index contributed by atoms with van der Waals surface area (Å²) in [6.07, 6.45) is 1.85. The van der Waals surface area contributed by atoms with E-state index in [-0.39, 0.29) is 0 Å². The van der Waals surface area contributed by atoms with E-state index in [4.69, 9.17) is 4.74 Å². The van der Waals surface area contributed by atoms with Gasteiger partial charge in [0.25, 0.3) is 0 Å². The van der Waals surface area contributed by atoms with Crippen molar-refractivity contribution in [3.8, 4) is 11.6 Å². The average molecular weight is 256 g/mol. The number of nitrogens with one attached hydrogen (secondary N) is 1. The second-order valence-electron chi connectivity index (χ2n) is 4.80. The second-order valence-corrected chi connectivity index (χ2v) is 4.80. The zero-order chi connectivity index (χ0) is 13.8. The number of hydrogen-bond donors (Lipinski definition) is 1. The number of hydrogen-bond acceptors (Lipinski definition) is 3. The maximum Gasteiger partial charge on any atom is 0.222 e. The van der Waals surface area contributed by atoms with Crippen LogP contribution in [0.3, 0.4) is 0 Å². The first-order chi connectivity index (χ1) is 9.11. The molecule has 0 bridgehead atoms. The van der Waals surface area contributed by atoms with Gasteiger partial charge in [0.1, 0.15) is 5.75 Å². The lowest BCUT2D eigenvalue weighted by Gasteiger charge is -2.12. The van der Waals surface area contributed by atoms with Gasteiger partial charge in [0, 0.05) is 18.3 Å². The molecule has 100 valence electrons. The zero-order valence-corrected chi connectivity index (χ0v) is 11.9. The number of aromatic nitrogens is 1. The SMILES string of the molecule is CNCc1cnc(Oc2cccc(C)c2C)c(C)c1. The highest BCUT2D eigenvalue weighted by molar-refractivity contribution is 5.41. The molecule has 0 saturated heterocycles. The van der Waals surface area contributed by atoms with Crippen LogP contribution in [0.15, 0.2) is 30.5 Å². The summed E-state index contributed by atoms with van der Waals surface area (Å²) in [6, 6.07) is 8.16. The highest BCUT2D eigenvalue weighted by Crippen LogP contribution is 2.27. The monoisotopic (exact) mass is 256 g/mol. The molecular weight excluding hydrogens is 236 g/mol. The molecule has 1 aromatic heterocycles. The van der Waals surface area contributed by atoms with E-state index in [0.29, 0.717) is 5.88 Å². The molecule has 0 fully saturated rings. The third-order valence-corrected chi connectivity index (χ3v) is 3.23. The van der Waals surface area contributed by atoms with Gasteiger partial charge in [-0.1, -0.05) is 12.1 Å². The van der Waals surface area contributed by atoms with Crippen LogP contribution in [0.5, 0.6) is 11.6 Å². The fraction of sp³-hybridized carbons (Fsp3) is 0.312. The molecule has 2 aromatic rings. The molecule has 0 aliphatic carbocycles. The van der Waals surface area contributed by atoms with Crippen LogP contribution in [-0.2, 0) is 6.54 Å². The molecule has 3 heteroatoms. The molecule has 0 radical (unpaired) electrons. The maximum atomic E-state index is 5.92. The Balaban J connectivity index is 2.26. The van der Waals surface area contributed by atoms with Crippen LogP contribution in [0.25, 0.3) is 0 Å². The van der Waals surface area contributed by atoms with Gasteiger partial charge in [-0.15, -0.1) is 0 Å². The molecular formula is C16H20N2O. The Morgan fingerprint density at radius 1 is 1.16 bits per heavy atom. The normalized spacial score (nSPS) is 10.5. The zero-order valence-electron chi connectivity index (χ0n) is 11.9. The van der Waals surface area contributed by atoms with Crippen molar-refractivity contribution in [1.29, 1.82) is 0 Å². The molecule has 0 aliphatic heterocycles. The summed E-state index contributed by atoms with van der Waals surface area (Å²) >= 11 is 0. The Kier molecular flexibility index (Phi) is 4.17. The lowest BCUT2D eigenvalue weighted by molar-refractivity contribution is 0.454. The number of rotatable bonds is 4. The minimum absolute atomic E-state index is 0.675. The molecule has 2 rings (SSSR count). The van der Waals surface area contributed by atoms with Crippen LogP contribution < -0.4 is 10.1 Å². The van der Waals surface area contributed by atoms with Crippen molar-refractivity contribution in [1.82, 2.24) is 10.3 Å². The third-order valence-electron chi connectivity index (χ3n) is 3.23. The van der Waals surface area contributed by atoms with E-state index in [2.05, 4.69) is 36.3 Å². The van der Waals surface area contributed by atoms with E-state index in [1.807, 2.05) is 32.3 Å². The van der Waals surface area contributed by atoms with Gasteiger partial charge < -0.3 is 10.1 Å². The minimum atomic E-state index is 0.675. The van der Waals surface area contributed by atoms with Gasteiger partial charge in [0.2, 0.25) is 5.88 Å². The Hall–Kier alpha value is -1.87. The van der Waals surface area contributed by atoms with Gasteiger partial charge in [-0.3, -0.25) is 0 Å². The maximum absolute atomic E-state index is 5.92. The van der Waals surface area contributed by atoms with Crippen LogP contribution in [0.2, 0.25) is 0 Å². The molecule has 19 heavy (non-hydrogen) atoms. The fourth-order valence-corrected chi connectivity index (χ4v) is 1.97. The number of aryl methyl sites for hydroxylation is 2. The van der Waals surface area contributed by atoms with E-state index in [1.165, 1.54) is 5.56 Å². The largest absolute Gasteiger partial charge is 0.438 e. The van der Waals surface area contributed by atoms with E-state index < -0.39 is 0 Å². The summed E-state index contributed by atoms with van der Waals surface area (Å²) in [7, 11) is 1.93. The Morgan fingerprint density at radius 2 is 1.95 bits per heavy atom. The summed E-state index contributed by atoms with van der Waals surface area (Å²) in [5, 5.41) is 3.12. The molecule has 0 aliphatic rings. The topological polar surface area (TPSA) is 34.2 Å². The molecule has 0 amide bonds. The highest BCUT2D eigenvalue weighted by atomic mass is 16.5. The molecule has 1 aromatic carbocycles. The molecule has 0 saturated carbocycles. The summed E-state index contributed by atoms with van der Waals surface area (Å²) in [5.41, 5.74) is 4.59. The van der Waals surface area contributed by atoms with E-state index >= 15 is 0 Å². The van der Waals surface area contributed by atoms with Crippen LogP contribution in [-0.4, -0.2) is 12.0 Å². The number of pyridine rings is 1. The smallest absolute Gasteiger partial charge is 0.222 e. The van der Waals surface area contributed by atoms with Gasteiger partial charge in [-0.05, 0) is 56.6 Å². The van der Waals surface area contributed by atoms with Crippen LogP contribution in [0.1, 0.15) is 22.3 Å². The second kappa shape index (κ2) is 5.85. The van der Waals surface area contributed by atoms with E-state index in [0.717, 1.165) is 29.0 Å². The first-order valence-electron chi connectivity index (χ1n) is 6.46. The third kappa shape index (κ3) is 3.12. The van der Waals surface area contributed by atoms with Crippen LogP contribution in [0, 0.1) is 20.8 Å². The predicted molar refractivity (Wildman–Crippen MR) is 77.7 cm³/mol. The number of ether oxygens (including phenoxy) is 1. The molecule has 1 N–H and O–H groups in total. The Bertz CT molecular complexity index is 579. The Labute approximate surface area is 114 Å². The van der Waals surface area contributed by atoms with Crippen molar-refractivity contribution in [2.45, 2.75) is 27.3 Å². The van der Waals surface area contributed by atoms with Gasteiger partial charge in [0.05, 0.1) is 0 Å². The number of benzene rings is 1. The lowest BCUT2D eigenvalue weighted by Crippen LogP contribution is -2.06. The summed E-state index contributed by atoms with van der Waals surface area (Å²) in [4.78, 5) is 4.40. The summed E-state index contributed by atoms with van der Waals surface area (Å²) in [5.74, 6) is 1.55. The average Bonchev–Trinajstić information content (AvgIpc) is 2.38.